The summed E-state index contributed by atoms with van der Waals surface area (Å²) in [6.45, 7) is -0.106. The number of nitrogens with zero attached hydrogens (tertiary/aromatic N) is 1. The van der Waals surface area contributed by atoms with E-state index in [0.29, 0.717) is 11.3 Å². The summed E-state index contributed by atoms with van der Waals surface area (Å²) in [5.74, 6) is -0.461. The largest absolute Gasteiger partial charge is 0.347 e. The molecule has 0 radical (unpaired) electrons. The molecule has 0 saturated heterocycles. The van der Waals surface area contributed by atoms with Crippen molar-refractivity contribution in [2.45, 2.75) is 47.9 Å². The molecule has 1 saturated carbocycles. The molecule has 1 heterocycles. The lowest BCUT2D eigenvalue weighted by Gasteiger charge is -2.29. The predicted octanol–water partition coefficient (Wildman–Crippen LogP) is 5.04. The highest BCUT2D eigenvalue weighted by molar-refractivity contribution is 7.99. The topological polar surface area (TPSA) is 78.5 Å². The SMILES string of the molecule is O=C(Cc1ccccc1)NCC(=O)Nc1ccc2c(c1)Sc1ccccc1C(=O)N2C1CCCC1. The summed E-state index contributed by atoms with van der Waals surface area (Å²) < 4.78 is 0. The summed E-state index contributed by atoms with van der Waals surface area (Å²) >= 11 is 1.55. The minimum absolute atomic E-state index is 0.0386. The van der Waals surface area contributed by atoms with Crippen LogP contribution >= 0.6 is 11.8 Å². The first kappa shape index (κ1) is 23.2. The highest BCUT2D eigenvalue weighted by atomic mass is 32.2. The average molecular weight is 486 g/mol. The van der Waals surface area contributed by atoms with Crippen molar-refractivity contribution in [1.29, 1.82) is 0 Å². The molecule has 3 aromatic carbocycles. The van der Waals surface area contributed by atoms with Crippen molar-refractivity contribution >= 4 is 40.9 Å². The number of anilines is 2. The Bertz CT molecular complexity index is 1260. The van der Waals surface area contributed by atoms with Gasteiger partial charge < -0.3 is 15.5 Å². The van der Waals surface area contributed by atoms with Crippen LogP contribution in [0.3, 0.4) is 0 Å². The number of amides is 3. The second-order valence-corrected chi connectivity index (χ2v) is 9.97. The molecule has 3 amide bonds. The van der Waals surface area contributed by atoms with Crippen LogP contribution in [0.4, 0.5) is 11.4 Å². The average Bonchev–Trinajstić information content (AvgIpc) is 3.36. The molecule has 0 bridgehead atoms. The van der Waals surface area contributed by atoms with Gasteiger partial charge in [-0.2, -0.15) is 0 Å². The number of hydrogen-bond acceptors (Lipinski definition) is 4. The zero-order valence-corrected chi connectivity index (χ0v) is 20.1. The molecule has 1 aliphatic heterocycles. The van der Waals surface area contributed by atoms with E-state index in [2.05, 4.69) is 10.6 Å². The van der Waals surface area contributed by atoms with Crippen molar-refractivity contribution in [2.75, 3.05) is 16.8 Å². The van der Waals surface area contributed by atoms with Gasteiger partial charge in [0, 0.05) is 21.5 Å². The maximum absolute atomic E-state index is 13.5. The molecule has 0 atom stereocenters. The third-order valence-corrected chi connectivity index (χ3v) is 7.53. The Kier molecular flexibility index (Phi) is 6.86. The van der Waals surface area contributed by atoms with Gasteiger partial charge in [0.25, 0.3) is 5.91 Å². The zero-order chi connectivity index (χ0) is 24.2. The van der Waals surface area contributed by atoms with E-state index in [-0.39, 0.29) is 36.7 Å². The van der Waals surface area contributed by atoms with Crippen molar-refractivity contribution in [1.82, 2.24) is 5.32 Å². The lowest BCUT2D eigenvalue weighted by atomic mass is 10.1. The minimum atomic E-state index is -0.297. The molecule has 35 heavy (non-hydrogen) atoms. The molecule has 0 aromatic heterocycles. The number of hydrogen-bond donors (Lipinski definition) is 2. The minimum Gasteiger partial charge on any atom is -0.347 e. The second kappa shape index (κ2) is 10.4. The number of rotatable bonds is 6. The lowest BCUT2D eigenvalue weighted by Crippen LogP contribution is -2.39. The monoisotopic (exact) mass is 485 g/mol. The molecule has 1 aliphatic carbocycles. The standard InChI is InChI=1S/C28H27N3O3S/c32-26(16-19-8-2-1-3-9-19)29-18-27(33)30-20-14-15-23-25(17-20)35-24-13-7-6-12-22(24)28(34)31(23)21-10-4-5-11-21/h1-3,6-9,12-15,17,21H,4-5,10-11,16,18H2,(H,29,32)(H,30,33). The highest BCUT2D eigenvalue weighted by Crippen LogP contribution is 2.44. The molecular weight excluding hydrogens is 458 g/mol. The smallest absolute Gasteiger partial charge is 0.259 e. The van der Waals surface area contributed by atoms with E-state index in [0.717, 1.165) is 46.7 Å². The van der Waals surface area contributed by atoms with Crippen LogP contribution in [0.25, 0.3) is 0 Å². The fourth-order valence-electron chi connectivity index (χ4n) is 4.72. The summed E-state index contributed by atoms with van der Waals surface area (Å²) in [7, 11) is 0. The Morgan fingerprint density at radius 1 is 0.886 bits per heavy atom. The van der Waals surface area contributed by atoms with Crippen LogP contribution < -0.4 is 15.5 Å². The van der Waals surface area contributed by atoms with E-state index in [1.54, 1.807) is 11.8 Å². The molecule has 178 valence electrons. The van der Waals surface area contributed by atoms with Crippen LogP contribution in [0, 0.1) is 0 Å². The Labute approximate surface area is 209 Å². The molecule has 2 aliphatic rings. The van der Waals surface area contributed by atoms with Crippen molar-refractivity contribution in [2.24, 2.45) is 0 Å². The van der Waals surface area contributed by atoms with Crippen LogP contribution in [-0.4, -0.2) is 30.3 Å². The molecule has 3 aromatic rings. The number of carbonyl (C=O) groups is 3. The number of carbonyl (C=O) groups excluding carboxylic acids is 3. The van der Waals surface area contributed by atoms with Crippen LogP contribution in [0.15, 0.2) is 82.6 Å². The Morgan fingerprint density at radius 2 is 1.63 bits per heavy atom. The third kappa shape index (κ3) is 5.25. The van der Waals surface area contributed by atoms with E-state index in [1.165, 1.54) is 0 Å². The van der Waals surface area contributed by atoms with Crippen LogP contribution in [0.2, 0.25) is 0 Å². The maximum atomic E-state index is 13.5. The third-order valence-electron chi connectivity index (χ3n) is 6.40. The Balaban J connectivity index is 1.31. The van der Waals surface area contributed by atoms with Crippen LogP contribution in [-0.2, 0) is 16.0 Å². The lowest BCUT2D eigenvalue weighted by molar-refractivity contribution is -0.123. The predicted molar refractivity (Wildman–Crippen MR) is 138 cm³/mol. The summed E-state index contributed by atoms with van der Waals surface area (Å²) in [4.78, 5) is 42.0. The van der Waals surface area contributed by atoms with Gasteiger partial charge in [-0.3, -0.25) is 14.4 Å². The van der Waals surface area contributed by atoms with Crippen molar-refractivity contribution in [3.05, 3.63) is 83.9 Å². The van der Waals surface area contributed by atoms with Gasteiger partial charge in [-0.15, -0.1) is 0 Å². The van der Waals surface area contributed by atoms with Gasteiger partial charge in [0.05, 0.1) is 24.2 Å². The van der Waals surface area contributed by atoms with Crippen LogP contribution in [0.1, 0.15) is 41.6 Å². The van der Waals surface area contributed by atoms with Gasteiger partial charge in [-0.25, -0.2) is 0 Å². The highest BCUT2D eigenvalue weighted by Gasteiger charge is 2.34. The normalized spacial score (nSPS) is 15.2. The molecule has 1 fully saturated rings. The van der Waals surface area contributed by atoms with E-state index in [4.69, 9.17) is 0 Å². The van der Waals surface area contributed by atoms with Crippen molar-refractivity contribution in [3.8, 4) is 0 Å². The van der Waals surface area contributed by atoms with Gasteiger partial charge in [-0.1, -0.05) is 67.1 Å². The zero-order valence-electron chi connectivity index (χ0n) is 19.3. The summed E-state index contributed by atoms with van der Waals surface area (Å²) in [6, 6.07) is 23.0. The molecule has 7 heteroatoms. The first-order valence-corrected chi connectivity index (χ1v) is 12.7. The molecule has 5 rings (SSSR count). The molecular formula is C28H27N3O3S. The van der Waals surface area contributed by atoms with Gasteiger partial charge in [-0.05, 0) is 48.7 Å². The van der Waals surface area contributed by atoms with Gasteiger partial charge >= 0.3 is 0 Å². The number of fused-ring (bicyclic) bond motifs is 2. The van der Waals surface area contributed by atoms with Gasteiger partial charge in [0.15, 0.2) is 0 Å². The Hall–Kier alpha value is -3.58. The first-order chi connectivity index (χ1) is 17.1. The van der Waals surface area contributed by atoms with E-state index in [1.807, 2.05) is 77.7 Å². The van der Waals surface area contributed by atoms with E-state index >= 15 is 0 Å². The summed E-state index contributed by atoms with van der Waals surface area (Å²) in [5.41, 5.74) is 3.14. The van der Waals surface area contributed by atoms with Crippen molar-refractivity contribution < 1.29 is 14.4 Å². The van der Waals surface area contributed by atoms with Crippen LogP contribution in [0.5, 0.6) is 0 Å². The van der Waals surface area contributed by atoms with Gasteiger partial charge in [0.1, 0.15) is 0 Å². The summed E-state index contributed by atoms with van der Waals surface area (Å²) in [6.07, 6.45) is 4.48. The Morgan fingerprint density at radius 3 is 2.43 bits per heavy atom. The number of nitrogens with one attached hydrogen (secondary N) is 2. The molecule has 0 unspecified atom stereocenters. The maximum Gasteiger partial charge on any atom is 0.259 e. The van der Waals surface area contributed by atoms with Gasteiger partial charge in [0.2, 0.25) is 11.8 Å². The molecule has 2 N–H and O–H groups in total. The molecule has 6 nitrogen and oxygen atoms in total. The first-order valence-electron chi connectivity index (χ1n) is 11.9. The second-order valence-electron chi connectivity index (χ2n) is 8.88. The fourth-order valence-corrected chi connectivity index (χ4v) is 5.82. The molecule has 0 spiro atoms. The van der Waals surface area contributed by atoms with Crippen molar-refractivity contribution in [3.63, 3.8) is 0 Å². The quantitative estimate of drug-likeness (QED) is 0.513. The summed E-state index contributed by atoms with van der Waals surface area (Å²) in [5, 5.41) is 5.56. The number of benzene rings is 3. The fraction of sp³-hybridized carbons (Fsp3) is 0.250. The van der Waals surface area contributed by atoms with E-state index in [9.17, 15) is 14.4 Å². The van der Waals surface area contributed by atoms with E-state index < -0.39 is 0 Å².